The Balaban J connectivity index is 1.52. The number of carbonyl (C=O) groups excluding carboxylic acids is 2. The van der Waals surface area contributed by atoms with E-state index in [0.717, 1.165) is 16.1 Å². The summed E-state index contributed by atoms with van der Waals surface area (Å²) in [5.41, 5.74) is 3.38. The highest BCUT2D eigenvalue weighted by molar-refractivity contribution is 8.00. The summed E-state index contributed by atoms with van der Waals surface area (Å²) >= 11 is 9.97. The molecule has 0 aliphatic carbocycles. The molecule has 1 unspecified atom stereocenters. The third-order valence-corrected chi connectivity index (χ3v) is 9.98. The van der Waals surface area contributed by atoms with Gasteiger partial charge in [-0.2, -0.15) is 0 Å². The number of amides is 1. The molecule has 11 heteroatoms. The number of benzene rings is 2. The maximum atomic E-state index is 13.8. The highest BCUT2D eigenvalue weighted by atomic mass is 35.5. The Labute approximate surface area is 249 Å². The number of halogens is 1. The van der Waals surface area contributed by atoms with E-state index in [0.29, 0.717) is 36.4 Å². The first-order valence-electron chi connectivity index (χ1n) is 12.5. The van der Waals surface area contributed by atoms with Crippen LogP contribution in [0.4, 0.5) is 5.13 Å². The molecule has 0 bridgehead atoms. The summed E-state index contributed by atoms with van der Waals surface area (Å²) in [5, 5.41) is 21.4. The van der Waals surface area contributed by atoms with E-state index >= 15 is 0 Å². The van der Waals surface area contributed by atoms with Gasteiger partial charge in [0.15, 0.2) is 10.1 Å². The minimum atomic E-state index is -0.863. The number of aryl methyl sites for hydroxylation is 2. The first-order chi connectivity index (χ1) is 18.9. The van der Waals surface area contributed by atoms with Crippen molar-refractivity contribution < 1.29 is 14.7 Å². The van der Waals surface area contributed by atoms with Gasteiger partial charge >= 0.3 is 0 Å². The fourth-order valence-corrected chi connectivity index (χ4v) is 7.29. The van der Waals surface area contributed by atoms with Crippen molar-refractivity contribution >= 4 is 62.9 Å². The lowest BCUT2D eigenvalue weighted by atomic mass is 9.85. The van der Waals surface area contributed by atoms with Crippen molar-refractivity contribution in [3.63, 3.8) is 0 Å². The van der Waals surface area contributed by atoms with Gasteiger partial charge in [-0.25, -0.2) is 4.98 Å². The largest absolute Gasteiger partial charge is 0.503 e. The Bertz CT molecular complexity index is 1620. The van der Waals surface area contributed by atoms with Gasteiger partial charge in [0.05, 0.1) is 27.2 Å². The van der Waals surface area contributed by atoms with Gasteiger partial charge in [-0.1, -0.05) is 91.9 Å². The van der Waals surface area contributed by atoms with Crippen LogP contribution in [-0.2, 0) is 16.0 Å². The van der Waals surface area contributed by atoms with Crippen molar-refractivity contribution in [3.05, 3.63) is 97.2 Å². The molecule has 7 nitrogen and oxygen atoms in total. The predicted octanol–water partition coefficient (Wildman–Crippen LogP) is 7.64. The number of rotatable bonds is 7. The predicted molar refractivity (Wildman–Crippen MR) is 162 cm³/mol. The van der Waals surface area contributed by atoms with Crippen LogP contribution in [0.1, 0.15) is 63.9 Å². The Hall–Kier alpha value is -3.05. The van der Waals surface area contributed by atoms with Crippen molar-refractivity contribution in [1.82, 2.24) is 15.2 Å². The number of carbonyl (C=O) groups is 2. The van der Waals surface area contributed by atoms with E-state index in [-0.39, 0.29) is 11.0 Å². The molecular formula is C29H27ClN4O3S3. The summed E-state index contributed by atoms with van der Waals surface area (Å²) in [7, 11) is 0. The monoisotopic (exact) mass is 610 g/mol. The van der Waals surface area contributed by atoms with Crippen LogP contribution in [0.3, 0.4) is 0 Å². The molecular weight excluding hydrogens is 584 g/mol. The standard InChI is InChI=1S/C29H27ClN4O3S3/c1-15-25(39-16(2)31-15)23(35)21-22(18-8-10-19(11-9-18)29(3,4)5)34(26(37)24(21)36)27-32-33-28(40-27)38-14-17-6-12-20(30)13-7-17/h6-13,22,36H,14H2,1-5H3. The lowest BCUT2D eigenvalue weighted by molar-refractivity contribution is -0.117. The fourth-order valence-electron chi connectivity index (χ4n) is 4.46. The van der Waals surface area contributed by atoms with Crippen LogP contribution in [0.25, 0.3) is 0 Å². The van der Waals surface area contributed by atoms with Gasteiger partial charge in [-0.05, 0) is 48.1 Å². The molecule has 0 saturated carbocycles. The minimum Gasteiger partial charge on any atom is -0.503 e. The molecule has 0 spiro atoms. The normalized spacial score (nSPS) is 15.8. The molecule has 5 rings (SSSR count). The van der Waals surface area contributed by atoms with Gasteiger partial charge in [-0.15, -0.1) is 21.5 Å². The van der Waals surface area contributed by atoms with Crippen molar-refractivity contribution in [2.75, 3.05) is 4.90 Å². The van der Waals surface area contributed by atoms with Crippen LogP contribution >= 0.6 is 46.0 Å². The number of Topliss-reactive ketones (excluding diaryl/α,β-unsaturated/α-hetero) is 1. The summed E-state index contributed by atoms with van der Waals surface area (Å²) in [6.07, 6.45) is 0. The number of aliphatic hydroxyl groups excluding tert-OH is 1. The van der Waals surface area contributed by atoms with Gasteiger partial charge in [0, 0.05) is 10.8 Å². The lowest BCUT2D eigenvalue weighted by Crippen LogP contribution is -2.31. The number of nitrogens with zero attached hydrogens (tertiary/aromatic N) is 4. The number of thioether (sulfide) groups is 1. The van der Waals surface area contributed by atoms with E-state index in [1.165, 1.54) is 39.3 Å². The highest BCUT2D eigenvalue weighted by Crippen LogP contribution is 2.45. The molecule has 0 fully saturated rings. The van der Waals surface area contributed by atoms with Gasteiger partial charge in [-0.3, -0.25) is 14.5 Å². The minimum absolute atomic E-state index is 0.0193. The molecule has 1 aliphatic rings. The molecule has 1 amide bonds. The first kappa shape index (κ1) is 28.5. The maximum absolute atomic E-state index is 13.8. The third-order valence-electron chi connectivity index (χ3n) is 6.53. The number of hydrogen-bond acceptors (Lipinski definition) is 9. The molecule has 1 N–H and O–H groups in total. The molecule has 40 heavy (non-hydrogen) atoms. The second-order valence-electron chi connectivity index (χ2n) is 10.5. The summed E-state index contributed by atoms with van der Waals surface area (Å²) in [6, 6.07) is 14.5. The van der Waals surface area contributed by atoms with Crippen LogP contribution in [0, 0.1) is 13.8 Å². The van der Waals surface area contributed by atoms with Gasteiger partial charge in [0.1, 0.15) is 0 Å². The Morgan fingerprint density at radius 1 is 1.05 bits per heavy atom. The summed E-state index contributed by atoms with van der Waals surface area (Å²) < 4.78 is 0.660. The average Bonchev–Trinajstić information content (AvgIpc) is 3.58. The van der Waals surface area contributed by atoms with Crippen LogP contribution in [0.2, 0.25) is 5.02 Å². The SMILES string of the molecule is Cc1nc(C)c(C(=O)C2=C(O)C(=O)N(c3nnc(SCc4ccc(Cl)cc4)s3)C2c2ccc(C(C)(C)C)cc2)s1. The number of thiazole rings is 1. The number of aromatic nitrogens is 3. The smallest absolute Gasteiger partial charge is 0.296 e. The topological polar surface area (TPSA) is 96.3 Å². The van der Waals surface area contributed by atoms with Gasteiger partial charge in [0.2, 0.25) is 10.9 Å². The van der Waals surface area contributed by atoms with Gasteiger partial charge < -0.3 is 5.11 Å². The van der Waals surface area contributed by atoms with Crippen molar-refractivity contribution in [2.24, 2.45) is 0 Å². The van der Waals surface area contributed by atoms with E-state index in [2.05, 4.69) is 36.0 Å². The van der Waals surface area contributed by atoms with E-state index in [9.17, 15) is 14.7 Å². The number of anilines is 1. The molecule has 1 atom stereocenters. The number of hydrogen-bond donors (Lipinski definition) is 1. The second-order valence-corrected chi connectivity index (χ2v) is 14.3. The third kappa shape index (κ3) is 5.58. The molecule has 0 saturated heterocycles. The molecule has 0 radical (unpaired) electrons. The summed E-state index contributed by atoms with van der Waals surface area (Å²) in [6.45, 7) is 9.93. The summed E-state index contributed by atoms with van der Waals surface area (Å²) in [4.78, 5) is 33.5. The van der Waals surface area contributed by atoms with E-state index in [1.54, 1.807) is 6.92 Å². The Kier molecular flexibility index (Phi) is 7.89. The van der Waals surface area contributed by atoms with Crippen molar-refractivity contribution in [1.29, 1.82) is 0 Å². The molecule has 2 aromatic carbocycles. The van der Waals surface area contributed by atoms with E-state index in [4.69, 9.17) is 11.6 Å². The molecule has 206 valence electrons. The molecule has 2 aromatic heterocycles. The van der Waals surface area contributed by atoms with Gasteiger partial charge in [0.25, 0.3) is 5.91 Å². The zero-order valence-electron chi connectivity index (χ0n) is 22.6. The maximum Gasteiger partial charge on any atom is 0.296 e. The zero-order chi connectivity index (χ0) is 28.8. The van der Waals surface area contributed by atoms with Crippen LogP contribution in [-0.4, -0.2) is 32.0 Å². The zero-order valence-corrected chi connectivity index (χ0v) is 25.8. The molecule has 1 aliphatic heterocycles. The van der Waals surface area contributed by atoms with Crippen LogP contribution in [0.5, 0.6) is 0 Å². The highest BCUT2D eigenvalue weighted by Gasteiger charge is 2.46. The number of aliphatic hydroxyl groups is 1. The number of ketones is 1. The first-order valence-corrected chi connectivity index (χ1v) is 15.5. The van der Waals surface area contributed by atoms with Crippen molar-refractivity contribution in [3.8, 4) is 0 Å². The Morgan fingerprint density at radius 3 is 2.33 bits per heavy atom. The van der Waals surface area contributed by atoms with E-state index in [1.807, 2.05) is 55.5 Å². The Morgan fingerprint density at radius 2 is 1.73 bits per heavy atom. The molecule has 4 aromatic rings. The summed E-state index contributed by atoms with van der Waals surface area (Å²) in [5.74, 6) is -1.03. The lowest BCUT2D eigenvalue weighted by Gasteiger charge is -2.25. The fraction of sp³-hybridized carbons (Fsp3) is 0.276. The van der Waals surface area contributed by atoms with Crippen molar-refractivity contribution in [2.45, 2.75) is 56.2 Å². The average molecular weight is 611 g/mol. The van der Waals surface area contributed by atoms with Crippen LogP contribution in [0.15, 0.2) is 64.2 Å². The molecule has 3 heterocycles. The second kappa shape index (κ2) is 11.1. The van der Waals surface area contributed by atoms with Crippen LogP contribution < -0.4 is 4.90 Å². The van der Waals surface area contributed by atoms with E-state index < -0.39 is 23.5 Å². The quantitative estimate of drug-likeness (QED) is 0.130.